The summed E-state index contributed by atoms with van der Waals surface area (Å²) < 4.78 is 39.0. The summed E-state index contributed by atoms with van der Waals surface area (Å²) in [7, 11) is -4.61. The molecule has 0 radical (unpaired) electrons. The van der Waals surface area contributed by atoms with Gasteiger partial charge < -0.3 is 9.29 Å². The van der Waals surface area contributed by atoms with Gasteiger partial charge in [-0.1, -0.05) is 18.2 Å². The van der Waals surface area contributed by atoms with Crippen LogP contribution in [0.25, 0.3) is 0 Å². The van der Waals surface area contributed by atoms with Gasteiger partial charge in [0.05, 0.1) is 6.61 Å². The molecule has 0 saturated heterocycles. The quantitative estimate of drug-likeness (QED) is 0.247. The molecule has 0 spiro atoms. The third kappa shape index (κ3) is 7.78. The third-order valence-electron chi connectivity index (χ3n) is 1.32. The minimum Gasteiger partial charge on any atom is -0.726 e. The van der Waals surface area contributed by atoms with Crippen LogP contribution in [-0.4, -0.2) is 26.2 Å². The molecule has 0 heterocycles. The molecule has 1 aromatic carbocycles. The molecule has 1 rings (SSSR count). The summed E-state index contributed by atoms with van der Waals surface area (Å²) in [5.41, 5.74) is 0. The van der Waals surface area contributed by atoms with E-state index in [0.29, 0.717) is 5.75 Å². The van der Waals surface area contributed by atoms with Gasteiger partial charge in [-0.3, -0.25) is 4.18 Å². The Hall–Kier alpha value is -0.110. The molecule has 0 atom stereocenters. The van der Waals surface area contributed by atoms with E-state index in [4.69, 9.17) is 4.74 Å². The summed E-state index contributed by atoms with van der Waals surface area (Å²) in [6.45, 7) is -0.258. The first-order valence-corrected chi connectivity index (χ1v) is 5.19. The van der Waals surface area contributed by atoms with Gasteiger partial charge in [-0.15, -0.1) is 0 Å². The van der Waals surface area contributed by atoms with E-state index in [1.54, 1.807) is 24.3 Å². The summed E-state index contributed by atoms with van der Waals surface area (Å²) in [6.07, 6.45) is 0. The number of ether oxygens (including phenoxy) is 1. The molecule has 0 aliphatic carbocycles. The molecule has 15 heavy (non-hydrogen) atoms. The molecule has 0 saturated carbocycles. The molecule has 0 amide bonds. The molecule has 0 N–H and O–H groups in total. The average molecular weight is 240 g/mol. The summed E-state index contributed by atoms with van der Waals surface area (Å²) in [4.78, 5) is 0. The van der Waals surface area contributed by atoms with Gasteiger partial charge in [0.2, 0.25) is 10.4 Å². The van der Waals surface area contributed by atoms with Crippen molar-refractivity contribution in [2.75, 3.05) is 13.2 Å². The van der Waals surface area contributed by atoms with Crippen LogP contribution < -0.4 is 34.3 Å². The first kappa shape index (κ1) is 14.9. The van der Waals surface area contributed by atoms with Crippen molar-refractivity contribution in [1.82, 2.24) is 0 Å². The molecular formula is C8H9NaO5S. The number of benzene rings is 1. The normalized spacial score (nSPS) is 10.5. The second-order valence-corrected chi connectivity index (χ2v) is 3.44. The van der Waals surface area contributed by atoms with Gasteiger partial charge in [0.25, 0.3) is 0 Å². The van der Waals surface area contributed by atoms with Crippen LogP contribution >= 0.6 is 0 Å². The number of rotatable bonds is 5. The summed E-state index contributed by atoms with van der Waals surface area (Å²) in [6, 6.07) is 8.81. The zero-order valence-electron chi connectivity index (χ0n) is 8.25. The second kappa shape index (κ2) is 7.21. The number of para-hydroxylation sites is 1. The van der Waals surface area contributed by atoms with Gasteiger partial charge in [0.15, 0.2) is 0 Å². The van der Waals surface area contributed by atoms with E-state index in [0.717, 1.165) is 0 Å². The Kier molecular flexibility index (Phi) is 7.16. The minimum absolute atomic E-state index is 0. The Morgan fingerprint density at radius 2 is 1.73 bits per heavy atom. The van der Waals surface area contributed by atoms with Crippen LogP contribution in [0.2, 0.25) is 0 Å². The van der Waals surface area contributed by atoms with E-state index in [2.05, 4.69) is 4.18 Å². The standard InChI is InChI=1S/C8H10O5S.Na/c9-14(10,11)13-7-6-12-8-4-2-1-3-5-8;/h1-5H,6-7H2,(H,9,10,11);/q;+1/p-1. The van der Waals surface area contributed by atoms with Crippen molar-refractivity contribution in [2.24, 2.45) is 0 Å². The first-order valence-electron chi connectivity index (χ1n) is 3.86. The Bertz CT molecular complexity index is 364. The third-order valence-corrected chi connectivity index (χ3v) is 1.78. The molecule has 0 unspecified atom stereocenters. The maximum absolute atomic E-state index is 10.0. The van der Waals surface area contributed by atoms with Gasteiger partial charge in [-0.25, -0.2) is 8.42 Å². The van der Waals surface area contributed by atoms with E-state index < -0.39 is 10.4 Å². The monoisotopic (exact) mass is 240 g/mol. The van der Waals surface area contributed by atoms with Crippen molar-refractivity contribution < 1.29 is 51.4 Å². The fourth-order valence-electron chi connectivity index (χ4n) is 0.812. The Morgan fingerprint density at radius 1 is 1.13 bits per heavy atom. The van der Waals surface area contributed by atoms with Crippen molar-refractivity contribution in [3.05, 3.63) is 30.3 Å². The van der Waals surface area contributed by atoms with E-state index >= 15 is 0 Å². The topological polar surface area (TPSA) is 75.7 Å². The second-order valence-electron chi connectivity index (χ2n) is 2.39. The van der Waals surface area contributed by atoms with Crippen molar-refractivity contribution in [3.63, 3.8) is 0 Å². The molecule has 0 aromatic heterocycles. The average Bonchev–Trinajstić information content (AvgIpc) is 2.13. The van der Waals surface area contributed by atoms with Crippen LogP contribution in [0.4, 0.5) is 0 Å². The van der Waals surface area contributed by atoms with Gasteiger partial charge in [0, 0.05) is 0 Å². The smallest absolute Gasteiger partial charge is 0.726 e. The summed E-state index contributed by atoms with van der Waals surface area (Å²) >= 11 is 0. The fourth-order valence-corrected chi connectivity index (χ4v) is 1.08. The van der Waals surface area contributed by atoms with Crippen LogP contribution in [0.5, 0.6) is 5.75 Å². The molecule has 1 aromatic rings. The SMILES string of the molecule is O=S(=O)([O-])OCCOc1ccccc1.[Na+]. The van der Waals surface area contributed by atoms with Crippen molar-refractivity contribution in [3.8, 4) is 5.75 Å². The molecular weight excluding hydrogens is 231 g/mol. The minimum atomic E-state index is -4.61. The molecule has 5 nitrogen and oxygen atoms in total. The van der Waals surface area contributed by atoms with Crippen LogP contribution in [0.3, 0.4) is 0 Å². The van der Waals surface area contributed by atoms with Crippen molar-refractivity contribution in [1.29, 1.82) is 0 Å². The number of hydrogen-bond acceptors (Lipinski definition) is 5. The molecule has 7 heteroatoms. The Labute approximate surface area is 111 Å². The molecule has 0 fully saturated rings. The largest absolute Gasteiger partial charge is 1.00 e. The Morgan fingerprint density at radius 3 is 2.27 bits per heavy atom. The molecule has 0 aliphatic rings. The fraction of sp³-hybridized carbons (Fsp3) is 0.250. The van der Waals surface area contributed by atoms with Crippen LogP contribution in [-0.2, 0) is 14.6 Å². The Balaban J connectivity index is 0.00000196. The van der Waals surface area contributed by atoms with Crippen LogP contribution in [0, 0.1) is 0 Å². The maximum atomic E-state index is 10.0. The van der Waals surface area contributed by atoms with Gasteiger partial charge in [-0.05, 0) is 12.1 Å². The van der Waals surface area contributed by atoms with E-state index in [1.807, 2.05) is 6.07 Å². The van der Waals surface area contributed by atoms with Crippen molar-refractivity contribution >= 4 is 10.4 Å². The predicted molar refractivity (Wildman–Crippen MR) is 47.6 cm³/mol. The zero-order valence-corrected chi connectivity index (χ0v) is 11.1. The predicted octanol–water partition coefficient (Wildman–Crippen LogP) is -2.45. The van der Waals surface area contributed by atoms with Gasteiger partial charge in [0.1, 0.15) is 12.4 Å². The summed E-state index contributed by atoms with van der Waals surface area (Å²) in [5.74, 6) is 0.597. The van der Waals surface area contributed by atoms with E-state index in [-0.39, 0.29) is 42.8 Å². The molecule has 0 aliphatic heterocycles. The molecule has 0 bridgehead atoms. The summed E-state index contributed by atoms with van der Waals surface area (Å²) in [5, 5.41) is 0. The van der Waals surface area contributed by atoms with Gasteiger partial charge >= 0.3 is 29.6 Å². The zero-order chi connectivity index (χ0) is 10.4. The van der Waals surface area contributed by atoms with Gasteiger partial charge in [-0.2, -0.15) is 0 Å². The van der Waals surface area contributed by atoms with Crippen molar-refractivity contribution in [2.45, 2.75) is 0 Å². The van der Waals surface area contributed by atoms with Crippen LogP contribution in [0.1, 0.15) is 0 Å². The number of hydrogen-bond donors (Lipinski definition) is 0. The first-order chi connectivity index (χ1) is 6.58. The van der Waals surface area contributed by atoms with Crippen LogP contribution in [0.15, 0.2) is 30.3 Å². The molecule has 78 valence electrons. The van der Waals surface area contributed by atoms with E-state index in [9.17, 15) is 13.0 Å². The maximum Gasteiger partial charge on any atom is 1.00 e. The van der Waals surface area contributed by atoms with E-state index in [1.165, 1.54) is 0 Å².